The maximum absolute atomic E-state index is 5.28. The Hall–Kier alpha value is -1.09. The highest BCUT2D eigenvalue weighted by Gasteiger charge is 2.24. The standard InChI is InChI=1S/C15H24N2O/c1-3-17-15(12-7-5-4-6-8-12)13-9-14(18-2)11-16-10-13/h9-12,15,17H,3-8H2,1-2H3. The smallest absolute Gasteiger partial charge is 0.137 e. The van der Waals surface area contributed by atoms with Gasteiger partial charge in [0.15, 0.2) is 0 Å². The molecule has 0 aliphatic heterocycles. The van der Waals surface area contributed by atoms with Crippen molar-refractivity contribution in [1.29, 1.82) is 0 Å². The average Bonchev–Trinajstić information content (AvgIpc) is 2.46. The van der Waals surface area contributed by atoms with Crippen LogP contribution in [0, 0.1) is 5.92 Å². The van der Waals surface area contributed by atoms with Gasteiger partial charge in [-0.1, -0.05) is 26.2 Å². The van der Waals surface area contributed by atoms with E-state index in [0.717, 1.165) is 18.2 Å². The summed E-state index contributed by atoms with van der Waals surface area (Å²) in [4.78, 5) is 4.29. The molecule has 1 unspecified atom stereocenters. The molecular formula is C15H24N2O. The Balaban J connectivity index is 2.16. The molecule has 3 heteroatoms. The van der Waals surface area contributed by atoms with Gasteiger partial charge >= 0.3 is 0 Å². The summed E-state index contributed by atoms with van der Waals surface area (Å²) in [7, 11) is 1.70. The molecule has 3 nitrogen and oxygen atoms in total. The lowest BCUT2D eigenvalue weighted by Gasteiger charge is -2.31. The number of hydrogen-bond acceptors (Lipinski definition) is 3. The second kappa shape index (κ2) is 6.74. The van der Waals surface area contributed by atoms with Crippen LogP contribution < -0.4 is 10.1 Å². The Morgan fingerprint density at radius 2 is 2.11 bits per heavy atom. The molecule has 1 fully saturated rings. The van der Waals surface area contributed by atoms with Gasteiger partial charge in [-0.15, -0.1) is 0 Å². The Bertz CT molecular complexity index is 361. The van der Waals surface area contributed by atoms with Gasteiger partial charge in [-0.2, -0.15) is 0 Å². The Morgan fingerprint density at radius 1 is 1.33 bits per heavy atom. The van der Waals surface area contributed by atoms with Crippen molar-refractivity contribution in [3.8, 4) is 5.75 Å². The molecular weight excluding hydrogens is 224 g/mol. The molecule has 100 valence electrons. The first-order chi connectivity index (χ1) is 8.85. The number of ether oxygens (including phenoxy) is 1. The molecule has 18 heavy (non-hydrogen) atoms. The third-order valence-electron chi connectivity index (χ3n) is 3.87. The minimum absolute atomic E-state index is 0.429. The Morgan fingerprint density at radius 3 is 2.78 bits per heavy atom. The molecule has 0 spiro atoms. The molecule has 1 aliphatic carbocycles. The van der Waals surface area contributed by atoms with Gasteiger partial charge in [0.1, 0.15) is 5.75 Å². The summed E-state index contributed by atoms with van der Waals surface area (Å²) in [5.74, 6) is 1.60. The molecule has 0 saturated heterocycles. The van der Waals surface area contributed by atoms with E-state index in [9.17, 15) is 0 Å². The van der Waals surface area contributed by atoms with Crippen molar-refractivity contribution >= 4 is 0 Å². The van der Waals surface area contributed by atoms with E-state index in [1.807, 2.05) is 6.20 Å². The van der Waals surface area contributed by atoms with Crippen LogP contribution >= 0.6 is 0 Å². The van der Waals surface area contributed by atoms with E-state index in [1.165, 1.54) is 37.7 Å². The Kier molecular flexibility index (Phi) is 5.00. The lowest BCUT2D eigenvalue weighted by molar-refractivity contribution is 0.273. The van der Waals surface area contributed by atoms with E-state index < -0.39 is 0 Å². The predicted molar refractivity (Wildman–Crippen MR) is 73.8 cm³/mol. The van der Waals surface area contributed by atoms with Gasteiger partial charge in [0.25, 0.3) is 0 Å². The Labute approximate surface area is 110 Å². The molecule has 1 saturated carbocycles. The normalized spacial score (nSPS) is 18.6. The van der Waals surface area contributed by atoms with Gasteiger partial charge in [0.05, 0.1) is 13.3 Å². The molecule has 1 aromatic rings. The van der Waals surface area contributed by atoms with Crippen LogP contribution in [0.15, 0.2) is 18.5 Å². The van der Waals surface area contributed by atoms with E-state index in [-0.39, 0.29) is 0 Å². The van der Waals surface area contributed by atoms with Crippen LogP contribution in [-0.4, -0.2) is 18.6 Å². The number of rotatable bonds is 5. The monoisotopic (exact) mass is 248 g/mol. The van der Waals surface area contributed by atoms with Crippen LogP contribution in [0.4, 0.5) is 0 Å². The van der Waals surface area contributed by atoms with Gasteiger partial charge in [-0.25, -0.2) is 0 Å². The quantitative estimate of drug-likeness (QED) is 0.868. The SMILES string of the molecule is CCNC(c1cncc(OC)c1)C1CCCCC1. The third-order valence-corrected chi connectivity index (χ3v) is 3.87. The van der Waals surface area contributed by atoms with Crippen molar-refractivity contribution in [1.82, 2.24) is 10.3 Å². The van der Waals surface area contributed by atoms with Crippen molar-refractivity contribution in [2.45, 2.75) is 45.1 Å². The van der Waals surface area contributed by atoms with Crippen LogP contribution in [0.25, 0.3) is 0 Å². The van der Waals surface area contributed by atoms with Crippen molar-refractivity contribution in [3.63, 3.8) is 0 Å². The topological polar surface area (TPSA) is 34.2 Å². The first-order valence-electron chi connectivity index (χ1n) is 7.07. The first kappa shape index (κ1) is 13.3. The van der Waals surface area contributed by atoms with E-state index in [0.29, 0.717) is 6.04 Å². The largest absolute Gasteiger partial charge is 0.495 e. The molecule has 0 bridgehead atoms. The van der Waals surface area contributed by atoms with E-state index >= 15 is 0 Å². The molecule has 1 heterocycles. The molecule has 1 aromatic heterocycles. The van der Waals surface area contributed by atoms with Gasteiger partial charge in [-0.3, -0.25) is 4.98 Å². The molecule has 0 radical (unpaired) electrons. The van der Waals surface area contributed by atoms with Crippen LogP contribution in [0.3, 0.4) is 0 Å². The summed E-state index contributed by atoms with van der Waals surface area (Å²) < 4.78 is 5.28. The third kappa shape index (κ3) is 3.22. The first-order valence-corrected chi connectivity index (χ1v) is 7.07. The number of aromatic nitrogens is 1. The summed E-state index contributed by atoms with van der Waals surface area (Å²) in [5, 5.41) is 3.62. The fourth-order valence-corrected chi connectivity index (χ4v) is 2.96. The van der Waals surface area contributed by atoms with Gasteiger partial charge in [-0.05, 0) is 36.9 Å². The van der Waals surface area contributed by atoms with Crippen LogP contribution in [-0.2, 0) is 0 Å². The highest BCUT2D eigenvalue weighted by atomic mass is 16.5. The average molecular weight is 248 g/mol. The van der Waals surface area contributed by atoms with Gasteiger partial charge in [0.2, 0.25) is 0 Å². The van der Waals surface area contributed by atoms with Crippen molar-refractivity contribution in [2.24, 2.45) is 5.92 Å². The summed E-state index contributed by atoms with van der Waals surface area (Å²) in [5.41, 5.74) is 1.27. The zero-order valence-electron chi connectivity index (χ0n) is 11.5. The van der Waals surface area contributed by atoms with Crippen LogP contribution in [0.2, 0.25) is 0 Å². The number of nitrogens with one attached hydrogen (secondary N) is 1. The van der Waals surface area contributed by atoms with Crippen molar-refractivity contribution in [2.75, 3.05) is 13.7 Å². The van der Waals surface area contributed by atoms with Crippen LogP contribution in [0.1, 0.15) is 50.6 Å². The van der Waals surface area contributed by atoms with Gasteiger partial charge < -0.3 is 10.1 Å². The van der Waals surface area contributed by atoms with E-state index in [2.05, 4.69) is 23.3 Å². The molecule has 1 atom stereocenters. The fourth-order valence-electron chi connectivity index (χ4n) is 2.96. The molecule has 0 amide bonds. The number of hydrogen-bond donors (Lipinski definition) is 1. The molecule has 2 rings (SSSR count). The fraction of sp³-hybridized carbons (Fsp3) is 0.667. The summed E-state index contributed by atoms with van der Waals surface area (Å²) in [6, 6.07) is 2.55. The maximum Gasteiger partial charge on any atom is 0.137 e. The highest BCUT2D eigenvalue weighted by Crippen LogP contribution is 2.34. The van der Waals surface area contributed by atoms with Crippen molar-refractivity contribution < 1.29 is 4.74 Å². The summed E-state index contributed by atoms with van der Waals surface area (Å²) >= 11 is 0. The van der Waals surface area contributed by atoms with E-state index in [4.69, 9.17) is 4.74 Å². The van der Waals surface area contributed by atoms with Crippen molar-refractivity contribution in [3.05, 3.63) is 24.0 Å². The zero-order chi connectivity index (χ0) is 12.8. The van der Waals surface area contributed by atoms with Gasteiger partial charge in [0, 0.05) is 12.2 Å². The highest BCUT2D eigenvalue weighted by molar-refractivity contribution is 5.26. The van der Waals surface area contributed by atoms with E-state index in [1.54, 1.807) is 13.3 Å². The summed E-state index contributed by atoms with van der Waals surface area (Å²) in [6.45, 7) is 3.17. The second-order valence-electron chi connectivity index (χ2n) is 5.09. The zero-order valence-corrected chi connectivity index (χ0v) is 11.5. The second-order valence-corrected chi connectivity index (χ2v) is 5.09. The lowest BCUT2D eigenvalue weighted by Crippen LogP contribution is -2.29. The predicted octanol–water partition coefficient (Wildman–Crippen LogP) is 3.32. The number of pyridine rings is 1. The summed E-state index contributed by atoms with van der Waals surface area (Å²) in [6.07, 6.45) is 10.5. The van der Waals surface area contributed by atoms with Crippen LogP contribution in [0.5, 0.6) is 5.75 Å². The number of methoxy groups -OCH3 is 1. The maximum atomic E-state index is 5.28. The minimum atomic E-state index is 0.429. The number of nitrogens with zero attached hydrogens (tertiary/aromatic N) is 1. The molecule has 0 aromatic carbocycles. The lowest BCUT2D eigenvalue weighted by atomic mass is 9.81. The molecule has 1 N–H and O–H groups in total. The minimum Gasteiger partial charge on any atom is -0.495 e. The molecule has 1 aliphatic rings.